The highest BCUT2D eigenvalue weighted by atomic mass is 16.5. The van der Waals surface area contributed by atoms with Crippen molar-refractivity contribution in [3.05, 3.63) is 29.8 Å². The molecule has 0 saturated carbocycles. The fourth-order valence-electron chi connectivity index (χ4n) is 1.61. The van der Waals surface area contributed by atoms with Gasteiger partial charge in [0.15, 0.2) is 0 Å². The molecule has 1 unspecified atom stereocenters. The van der Waals surface area contributed by atoms with Crippen LogP contribution in [0.1, 0.15) is 18.6 Å². The molecule has 0 bridgehead atoms. The maximum Gasteiger partial charge on any atom is 0.119 e. The van der Waals surface area contributed by atoms with Crippen molar-refractivity contribution in [2.24, 2.45) is 0 Å². The molecule has 5 nitrogen and oxygen atoms in total. The third kappa shape index (κ3) is 6.86. The molecule has 1 N–H and O–H groups in total. The second-order valence-corrected chi connectivity index (χ2v) is 4.20. The van der Waals surface area contributed by atoms with Gasteiger partial charge in [0.05, 0.1) is 39.6 Å². The van der Waals surface area contributed by atoms with E-state index in [2.05, 4.69) is 0 Å². The van der Waals surface area contributed by atoms with E-state index in [0.29, 0.717) is 33.0 Å². The molecule has 0 aliphatic carbocycles. The number of aliphatic hydroxyl groups excluding tert-OH is 1. The number of hydrogen-bond acceptors (Lipinski definition) is 5. The van der Waals surface area contributed by atoms with Gasteiger partial charge in [0, 0.05) is 7.11 Å². The highest BCUT2D eigenvalue weighted by molar-refractivity contribution is 5.28. The summed E-state index contributed by atoms with van der Waals surface area (Å²) in [5, 5.41) is 9.96. The van der Waals surface area contributed by atoms with Crippen LogP contribution in [0.2, 0.25) is 0 Å². The Hall–Kier alpha value is -1.14. The monoisotopic (exact) mass is 284 g/mol. The van der Waals surface area contributed by atoms with Crippen LogP contribution >= 0.6 is 0 Å². The molecule has 0 saturated heterocycles. The largest absolute Gasteiger partial charge is 0.494 e. The van der Waals surface area contributed by atoms with Crippen molar-refractivity contribution in [2.75, 3.05) is 46.8 Å². The van der Waals surface area contributed by atoms with E-state index < -0.39 is 6.10 Å². The Labute approximate surface area is 120 Å². The first-order chi connectivity index (χ1) is 9.77. The molecule has 0 aliphatic heterocycles. The fourth-order valence-corrected chi connectivity index (χ4v) is 1.61. The smallest absolute Gasteiger partial charge is 0.119 e. The van der Waals surface area contributed by atoms with Crippen LogP contribution in [0.5, 0.6) is 5.75 Å². The van der Waals surface area contributed by atoms with Crippen molar-refractivity contribution in [3.8, 4) is 5.75 Å². The van der Waals surface area contributed by atoms with E-state index in [9.17, 15) is 5.11 Å². The van der Waals surface area contributed by atoms with Gasteiger partial charge in [-0.1, -0.05) is 12.1 Å². The fraction of sp³-hybridized carbons (Fsp3) is 0.600. The lowest BCUT2D eigenvalue weighted by atomic mass is 10.1. The summed E-state index contributed by atoms with van der Waals surface area (Å²) in [6.07, 6.45) is -0.635. The predicted octanol–water partition coefficient (Wildman–Crippen LogP) is 1.80. The van der Waals surface area contributed by atoms with E-state index in [1.807, 2.05) is 31.2 Å². The summed E-state index contributed by atoms with van der Waals surface area (Å²) in [5.41, 5.74) is 0.814. The summed E-state index contributed by atoms with van der Waals surface area (Å²) in [5.74, 6) is 0.802. The van der Waals surface area contributed by atoms with E-state index in [1.54, 1.807) is 7.11 Å². The summed E-state index contributed by atoms with van der Waals surface area (Å²) in [4.78, 5) is 0. The van der Waals surface area contributed by atoms with Gasteiger partial charge in [0.25, 0.3) is 0 Å². The third-order valence-corrected chi connectivity index (χ3v) is 2.66. The molecule has 1 rings (SSSR count). The maximum absolute atomic E-state index is 9.96. The molecule has 20 heavy (non-hydrogen) atoms. The minimum Gasteiger partial charge on any atom is -0.494 e. The number of hydrogen-bond donors (Lipinski definition) is 1. The lowest BCUT2D eigenvalue weighted by Crippen LogP contribution is -2.12. The first kappa shape index (κ1) is 16.9. The molecule has 0 fully saturated rings. The summed E-state index contributed by atoms with van der Waals surface area (Å²) in [6.45, 7) is 4.91. The molecule has 0 spiro atoms. The zero-order valence-electron chi connectivity index (χ0n) is 12.2. The first-order valence-corrected chi connectivity index (χ1v) is 6.83. The molecule has 0 amide bonds. The van der Waals surface area contributed by atoms with Crippen LogP contribution < -0.4 is 4.74 Å². The van der Waals surface area contributed by atoms with Gasteiger partial charge >= 0.3 is 0 Å². The van der Waals surface area contributed by atoms with Crippen LogP contribution in [0, 0.1) is 0 Å². The molecule has 5 heteroatoms. The SMILES string of the molecule is CCOc1ccc(C(O)COCCOCCOC)cc1. The number of rotatable bonds is 11. The Bertz CT molecular complexity index is 339. The van der Waals surface area contributed by atoms with Crippen LogP contribution in [-0.4, -0.2) is 51.9 Å². The molecular formula is C15H24O5. The Morgan fingerprint density at radius 2 is 1.65 bits per heavy atom. The lowest BCUT2D eigenvalue weighted by molar-refractivity contribution is -0.00591. The molecule has 0 radical (unpaired) electrons. The van der Waals surface area contributed by atoms with Gasteiger partial charge in [0.1, 0.15) is 11.9 Å². The summed E-state index contributed by atoms with van der Waals surface area (Å²) >= 11 is 0. The van der Waals surface area contributed by atoms with Crippen molar-refractivity contribution in [2.45, 2.75) is 13.0 Å². The van der Waals surface area contributed by atoms with Gasteiger partial charge in [-0.05, 0) is 24.6 Å². The van der Waals surface area contributed by atoms with Gasteiger partial charge < -0.3 is 24.1 Å². The molecule has 114 valence electrons. The maximum atomic E-state index is 9.96. The van der Waals surface area contributed by atoms with Crippen molar-refractivity contribution in [3.63, 3.8) is 0 Å². The molecule has 0 aliphatic rings. The summed E-state index contributed by atoms with van der Waals surface area (Å²) in [6, 6.07) is 7.37. The van der Waals surface area contributed by atoms with Gasteiger partial charge in [-0.15, -0.1) is 0 Å². The topological polar surface area (TPSA) is 57.2 Å². The third-order valence-electron chi connectivity index (χ3n) is 2.66. The average Bonchev–Trinajstić information content (AvgIpc) is 2.47. The Kier molecular flexibility index (Phi) is 8.98. The highest BCUT2D eigenvalue weighted by Gasteiger charge is 2.07. The van der Waals surface area contributed by atoms with Crippen LogP contribution in [0.4, 0.5) is 0 Å². The van der Waals surface area contributed by atoms with Gasteiger partial charge in [0.2, 0.25) is 0 Å². The quantitative estimate of drug-likeness (QED) is 0.628. The minimum absolute atomic E-state index is 0.252. The minimum atomic E-state index is -0.635. The predicted molar refractivity (Wildman–Crippen MR) is 76.1 cm³/mol. The average molecular weight is 284 g/mol. The van der Waals surface area contributed by atoms with E-state index >= 15 is 0 Å². The van der Waals surface area contributed by atoms with Crippen molar-refractivity contribution < 1.29 is 24.1 Å². The van der Waals surface area contributed by atoms with Gasteiger partial charge in [-0.2, -0.15) is 0 Å². The standard InChI is InChI=1S/C15H24O5/c1-3-20-14-6-4-13(5-7-14)15(16)12-19-11-10-18-9-8-17-2/h4-7,15-16H,3,8-12H2,1-2H3. The summed E-state index contributed by atoms with van der Waals surface area (Å²) < 4.78 is 20.8. The molecule has 1 aromatic carbocycles. The van der Waals surface area contributed by atoms with E-state index in [4.69, 9.17) is 18.9 Å². The Morgan fingerprint density at radius 1 is 1.00 bits per heavy atom. The molecule has 0 heterocycles. The van der Waals surface area contributed by atoms with Crippen LogP contribution in [0.25, 0.3) is 0 Å². The van der Waals surface area contributed by atoms with Gasteiger partial charge in [-0.25, -0.2) is 0 Å². The van der Waals surface area contributed by atoms with Crippen LogP contribution in [0.15, 0.2) is 24.3 Å². The number of benzene rings is 1. The Balaban J connectivity index is 2.17. The van der Waals surface area contributed by atoms with E-state index in [1.165, 1.54) is 0 Å². The lowest BCUT2D eigenvalue weighted by Gasteiger charge is -2.12. The van der Waals surface area contributed by atoms with Crippen molar-refractivity contribution in [1.29, 1.82) is 0 Å². The zero-order chi connectivity index (χ0) is 14.6. The molecular weight excluding hydrogens is 260 g/mol. The van der Waals surface area contributed by atoms with Gasteiger partial charge in [-0.3, -0.25) is 0 Å². The number of aliphatic hydroxyl groups is 1. The summed E-state index contributed by atoms with van der Waals surface area (Å²) in [7, 11) is 1.63. The van der Waals surface area contributed by atoms with Crippen molar-refractivity contribution in [1.82, 2.24) is 0 Å². The number of ether oxygens (including phenoxy) is 4. The second-order valence-electron chi connectivity index (χ2n) is 4.20. The normalized spacial score (nSPS) is 12.3. The van der Waals surface area contributed by atoms with E-state index in [-0.39, 0.29) is 6.61 Å². The highest BCUT2D eigenvalue weighted by Crippen LogP contribution is 2.18. The second kappa shape index (κ2) is 10.6. The zero-order valence-corrected chi connectivity index (χ0v) is 12.2. The molecule has 1 aromatic rings. The van der Waals surface area contributed by atoms with Crippen molar-refractivity contribution >= 4 is 0 Å². The number of methoxy groups -OCH3 is 1. The first-order valence-electron chi connectivity index (χ1n) is 6.83. The Morgan fingerprint density at radius 3 is 2.30 bits per heavy atom. The van der Waals surface area contributed by atoms with E-state index in [0.717, 1.165) is 11.3 Å². The molecule has 0 aromatic heterocycles. The van der Waals surface area contributed by atoms with Crippen LogP contribution in [0.3, 0.4) is 0 Å². The molecule has 1 atom stereocenters. The van der Waals surface area contributed by atoms with Crippen LogP contribution in [-0.2, 0) is 14.2 Å².